The molecule has 20 heavy (non-hydrogen) atoms. The summed E-state index contributed by atoms with van der Waals surface area (Å²) >= 11 is 0. The predicted octanol–water partition coefficient (Wildman–Crippen LogP) is 2.59. The van der Waals surface area contributed by atoms with Crippen LogP contribution in [0.5, 0.6) is 0 Å². The van der Waals surface area contributed by atoms with Crippen LogP contribution in [0.2, 0.25) is 0 Å². The Labute approximate surface area is 121 Å². The van der Waals surface area contributed by atoms with Crippen molar-refractivity contribution in [1.29, 1.82) is 0 Å². The van der Waals surface area contributed by atoms with Gasteiger partial charge in [0.2, 0.25) is 0 Å². The average molecular weight is 272 g/mol. The van der Waals surface area contributed by atoms with Crippen molar-refractivity contribution in [2.75, 3.05) is 13.1 Å². The molecule has 0 aliphatic carbocycles. The lowest BCUT2D eigenvalue weighted by Crippen LogP contribution is -2.45. The molecule has 2 heterocycles. The molecule has 2 aliphatic heterocycles. The number of carbonyl (C=O) groups excluding carboxylic acids is 1. The Kier molecular flexibility index (Phi) is 3.79. The number of hydrogen-bond donors (Lipinski definition) is 1. The van der Waals surface area contributed by atoms with Gasteiger partial charge in [-0.3, -0.25) is 4.79 Å². The van der Waals surface area contributed by atoms with Crippen molar-refractivity contribution in [3.63, 3.8) is 0 Å². The van der Waals surface area contributed by atoms with Gasteiger partial charge in [-0.25, -0.2) is 0 Å². The molecule has 0 radical (unpaired) electrons. The third kappa shape index (κ3) is 2.47. The predicted molar refractivity (Wildman–Crippen MR) is 80.7 cm³/mol. The van der Waals surface area contributed by atoms with Gasteiger partial charge in [-0.1, -0.05) is 19.1 Å². The first kappa shape index (κ1) is 13.6. The van der Waals surface area contributed by atoms with Crippen molar-refractivity contribution < 1.29 is 4.79 Å². The molecule has 1 N–H and O–H groups in total. The molecule has 3 heteroatoms. The van der Waals surface area contributed by atoms with Crippen molar-refractivity contribution in [2.24, 2.45) is 5.92 Å². The molecule has 0 spiro atoms. The summed E-state index contributed by atoms with van der Waals surface area (Å²) in [6.45, 7) is 7.20. The average Bonchev–Trinajstić information content (AvgIpc) is 2.48. The Morgan fingerprint density at radius 3 is 3.00 bits per heavy atom. The lowest BCUT2D eigenvalue weighted by Gasteiger charge is -2.37. The fourth-order valence-electron chi connectivity index (χ4n) is 3.46. The van der Waals surface area contributed by atoms with E-state index in [9.17, 15) is 4.79 Å². The molecule has 0 bridgehead atoms. The second-order valence-corrected chi connectivity index (χ2v) is 6.36. The van der Waals surface area contributed by atoms with Crippen LogP contribution in [0, 0.1) is 5.92 Å². The number of rotatable bonds is 1. The minimum atomic E-state index is 0.239. The Morgan fingerprint density at radius 2 is 2.15 bits per heavy atom. The quantitative estimate of drug-likeness (QED) is 0.852. The van der Waals surface area contributed by atoms with Crippen LogP contribution >= 0.6 is 0 Å². The summed E-state index contributed by atoms with van der Waals surface area (Å²) in [5.74, 6) is 0.860. The zero-order valence-corrected chi connectivity index (χ0v) is 12.5. The summed E-state index contributed by atoms with van der Waals surface area (Å²) in [5, 5.41) is 3.38. The smallest absolute Gasteiger partial charge is 0.254 e. The van der Waals surface area contributed by atoms with Crippen molar-refractivity contribution in [2.45, 2.75) is 45.7 Å². The van der Waals surface area contributed by atoms with Crippen LogP contribution in [0.1, 0.15) is 48.2 Å². The van der Waals surface area contributed by atoms with Crippen LogP contribution in [-0.4, -0.2) is 29.9 Å². The fourth-order valence-corrected chi connectivity index (χ4v) is 3.46. The van der Waals surface area contributed by atoms with Gasteiger partial charge in [-0.2, -0.15) is 0 Å². The third-order valence-corrected chi connectivity index (χ3v) is 4.75. The van der Waals surface area contributed by atoms with Crippen molar-refractivity contribution >= 4 is 5.91 Å². The molecule has 1 fully saturated rings. The van der Waals surface area contributed by atoms with Gasteiger partial charge < -0.3 is 10.2 Å². The van der Waals surface area contributed by atoms with Crippen LogP contribution < -0.4 is 5.32 Å². The number of amides is 1. The maximum absolute atomic E-state index is 12.9. The van der Waals surface area contributed by atoms with Crippen molar-refractivity contribution in [1.82, 2.24) is 10.2 Å². The normalized spacial score (nSPS) is 26.2. The summed E-state index contributed by atoms with van der Waals surface area (Å²) in [6, 6.07) is 6.55. The molecule has 0 saturated carbocycles. The van der Waals surface area contributed by atoms with E-state index >= 15 is 0 Å². The lowest BCUT2D eigenvalue weighted by molar-refractivity contribution is 0.0572. The number of fused-ring (bicyclic) bond motifs is 1. The Bertz CT molecular complexity index is 512. The maximum atomic E-state index is 12.9. The number of nitrogens with zero attached hydrogens (tertiary/aromatic N) is 1. The highest BCUT2D eigenvalue weighted by atomic mass is 16.2. The Hall–Kier alpha value is -1.35. The first-order chi connectivity index (χ1) is 9.66. The topological polar surface area (TPSA) is 32.3 Å². The van der Waals surface area contributed by atoms with Gasteiger partial charge >= 0.3 is 0 Å². The number of hydrogen-bond acceptors (Lipinski definition) is 2. The Balaban J connectivity index is 1.90. The summed E-state index contributed by atoms with van der Waals surface area (Å²) < 4.78 is 0. The first-order valence-corrected chi connectivity index (χ1v) is 7.79. The van der Waals surface area contributed by atoms with Gasteiger partial charge in [0.15, 0.2) is 0 Å². The summed E-state index contributed by atoms with van der Waals surface area (Å²) in [6.07, 6.45) is 3.33. The number of piperidine rings is 1. The van der Waals surface area contributed by atoms with Gasteiger partial charge in [0.05, 0.1) is 0 Å². The lowest BCUT2D eigenvalue weighted by atomic mass is 9.91. The van der Waals surface area contributed by atoms with E-state index in [0.29, 0.717) is 12.0 Å². The third-order valence-electron chi connectivity index (χ3n) is 4.75. The zero-order valence-electron chi connectivity index (χ0n) is 12.5. The van der Waals surface area contributed by atoms with Gasteiger partial charge in [0.25, 0.3) is 5.91 Å². The first-order valence-electron chi connectivity index (χ1n) is 7.79. The summed E-state index contributed by atoms with van der Waals surface area (Å²) in [7, 11) is 0. The van der Waals surface area contributed by atoms with Gasteiger partial charge in [0.1, 0.15) is 0 Å². The van der Waals surface area contributed by atoms with E-state index in [0.717, 1.165) is 38.0 Å². The van der Waals surface area contributed by atoms with Gasteiger partial charge in [-0.05, 0) is 55.8 Å². The number of nitrogens with one attached hydrogen (secondary N) is 1. The molecule has 2 aliphatic rings. The second kappa shape index (κ2) is 5.57. The highest BCUT2D eigenvalue weighted by Crippen LogP contribution is 2.26. The molecule has 1 aromatic carbocycles. The second-order valence-electron chi connectivity index (χ2n) is 6.36. The molecule has 2 atom stereocenters. The molecule has 3 nitrogen and oxygen atoms in total. The van der Waals surface area contributed by atoms with Crippen LogP contribution in [0.4, 0.5) is 0 Å². The SMILES string of the molecule is CC1CCC(C)N(C(=O)c2cccc3c2CCNC3)C1. The van der Waals surface area contributed by atoms with Crippen LogP contribution in [0.3, 0.4) is 0 Å². The highest BCUT2D eigenvalue weighted by Gasteiger charge is 2.29. The van der Waals surface area contributed by atoms with Crippen LogP contribution in [-0.2, 0) is 13.0 Å². The molecular formula is C17H24N2O. The summed E-state index contributed by atoms with van der Waals surface area (Å²) in [5.41, 5.74) is 3.49. The van der Waals surface area contributed by atoms with E-state index in [-0.39, 0.29) is 5.91 Å². The Morgan fingerprint density at radius 1 is 1.30 bits per heavy atom. The highest BCUT2D eigenvalue weighted by molar-refractivity contribution is 5.96. The van der Waals surface area contributed by atoms with E-state index in [4.69, 9.17) is 0 Å². The minimum Gasteiger partial charge on any atom is -0.336 e. The molecule has 3 rings (SSSR count). The van der Waals surface area contributed by atoms with Gasteiger partial charge in [0, 0.05) is 24.7 Å². The van der Waals surface area contributed by atoms with E-state index in [1.807, 2.05) is 12.1 Å². The van der Waals surface area contributed by atoms with Crippen LogP contribution in [0.15, 0.2) is 18.2 Å². The standard InChI is InChI=1S/C17H24N2O/c1-12-6-7-13(2)19(11-12)17(20)16-5-3-4-14-10-18-9-8-15(14)16/h3-5,12-13,18H,6-11H2,1-2H3. The van der Waals surface area contributed by atoms with Crippen molar-refractivity contribution in [3.05, 3.63) is 34.9 Å². The van der Waals surface area contributed by atoms with Crippen molar-refractivity contribution in [3.8, 4) is 0 Å². The summed E-state index contributed by atoms with van der Waals surface area (Å²) in [4.78, 5) is 15.0. The molecule has 0 aromatic heterocycles. The van der Waals surface area contributed by atoms with E-state index in [1.165, 1.54) is 17.5 Å². The number of benzene rings is 1. The largest absolute Gasteiger partial charge is 0.336 e. The van der Waals surface area contributed by atoms with E-state index in [1.54, 1.807) is 0 Å². The molecule has 1 saturated heterocycles. The van der Waals surface area contributed by atoms with Gasteiger partial charge in [-0.15, -0.1) is 0 Å². The van der Waals surface area contributed by atoms with Crippen LogP contribution in [0.25, 0.3) is 0 Å². The number of likely N-dealkylation sites (tertiary alicyclic amines) is 1. The van der Waals surface area contributed by atoms with E-state index in [2.05, 4.69) is 30.1 Å². The molecule has 1 amide bonds. The minimum absolute atomic E-state index is 0.239. The monoisotopic (exact) mass is 272 g/mol. The maximum Gasteiger partial charge on any atom is 0.254 e. The molecular weight excluding hydrogens is 248 g/mol. The zero-order chi connectivity index (χ0) is 14.1. The number of carbonyl (C=O) groups is 1. The molecule has 108 valence electrons. The van der Waals surface area contributed by atoms with E-state index < -0.39 is 0 Å². The molecule has 2 unspecified atom stereocenters. The molecule has 1 aromatic rings. The fraction of sp³-hybridized carbons (Fsp3) is 0.588.